The van der Waals surface area contributed by atoms with Crippen LogP contribution in [0.1, 0.15) is 0 Å². The lowest BCUT2D eigenvalue weighted by molar-refractivity contribution is -0.113. The second-order valence-corrected chi connectivity index (χ2v) is 7.45. The minimum Gasteiger partial charge on any atom is -0.324 e. The monoisotopic (exact) mass is 478 g/mol. The largest absolute Gasteiger partial charge is 0.324 e. The molecule has 1 amide bonds. The van der Waals surface area contributed by atoms with Gasteiger partial charge >= 0.3 is 0 Å². The smallest absolute Gasteiger partial charge is 0.234 e. The van der Waals surface area contributed by atoms with Crippen LogP contribution in [0, 0.1) is 3.57 Å². The molecule has 0 fully saturated rings. The highest BCUT2D eigenvalue weighted by atomic mass is 127. The molecule has 3 rings (SSSR count). The summed E-state index contributed by atoms with van der Waals surface area (Å²) in [4.78, 5) is 12.1. The molecule has 23 heavy (non-hydrogen) atoms. The van der Waals surface area contributed by atoms with Gasteiger partial charge in [-0.1, -0.05) is 47.1 Å². The Labute approximate surface area is 159 Å². The standard InChI is InChI=1S/C14H9Cl2IN4OS/c15-8-5-9(16)13-19-20-14(21(13)6-8)23-7-12(22)18-11-4-2-1-3-10(11)17/h1-6H,7H2,(H,18,22). The van der Waals surface area contributed by atoms with Gasteiger partial charge in [-0.15, -0.1) is 10.2 Å². The number of hydrogen-bond acceptors (Lipinski definition) is 4. The van der Waals surface area contributed by atoms with Crippen LogP contribution in [0.25, 0.3) is 5.65 Å². The first-order valence-corrected chi connectivity index (χ1v) is 9.23. The van der Waals surface area contributed by atoms with E-state index in [0.717, 1.165) is 9.26 Å². The molecule has 0 radical (unpaired) electrons. The highest BCUT2D eigenvalue weighted by Crippen LogP contribution is 2.25. The minimum absolute atomic E-state index is 0.121. The van der Waals surface area contributed by atoms with E-state index in [4.69, 9.17) is 23.2 Å². The first-order chi connectivity index (χ1) is 11.0. The normalized spacial score (nSPS) is 10.9. The van der Waals surface area contributed by atoms with Crippen LogP contribution in [0.2, 0.25) is 10.0 Å². The number of nitrogens with one attached hydrogen (secondary N) is 1. The summed E-state index contributed by atoms with van der Waals surface area (Å²) in [5.74, 6) is 0.0830. The van der Waals surface area contributed by atoms with Crippen molar-refractivity contribution in [1.29, 1.82) is 0 Å². The van der Waals surface area contributed by atoms with Gasteiger partial charge in [0.25, 0.3) is 0 Å². The van der Waals surface area contributed by atoms with Gasteiger partial charge < -0.3 is 5.32 Å². The molecule has 0 saturated heterocycles. The van der Waals surface area contributed by atoms with Crippen LogP contribution in [0.5, 0.6) is 0 Å². The van der Waals surface area contributed by atoms with Crippen LogP contribution in [0.15, 0.2) is 41.7 Å². The van der Waals surface area contributed by atoms with Crippen molar-refractivity contribution >= 4 is 74.8 Å². The number of carbonyl (C=O) groups is 1. The zero-order valence-electron chi connectivity index (χ0n) is 11.5. The van der Waals surface area contributed by atoms with Crippen molar-refractivity contribution in [2.45, 2.75) is 5.16 Å². The first-order valence-electron chi connectivity index (χ1n) is 6.41. The van der Waals surface area contributed by atoms with Crippen molar-refractivity contribution in [2.75, 3.05) is 11.1 Å². The van der Waals surface area contributed by atoms with E-state index in [9.17, 15) is 4.79 Å². The SMILES string of the molecule is O=C(CSc1nnc2c(Cl)cc(Cl)cn12)Nc1ccccc1I. The van der Waals surface area contributed by atoms with Crippen LogP contribution in [-0.4, -0.2) is 26.3 Å². The molecule has 1 aromatic carbocycles. The second kappa shape index (κ2) is 7.25. The van der Waals surface area contributed by atoms with E-state index in [2.05, 4.69) is 38.1 Å². The Balaban J connectivity index is 1.71. The molecule has 0 spiro atoms. The number of hydrogen-bond donors (Lipinski definition) is 1. The summed E-state index contributed by atoms with van der Waals surface area (Å²) in [6.45, 7) is 0. The summed E-state index contributed by atoms with van der Waals surface area (Å²) >= 11 is 15.5. The molecule has 2 heterocycles. The Hall–Kier alpha value is -1.03. The van der Waals surface area contributed by atoms with Gasteiger partial charge in [-0.3, -0.25) is 9.20 Å². The summed E-state index contributed by atoms with van der Waals surface area (Å²) in [5.41, 5.74) is 1.30. The van der Waals surface area contributed by atoms with Gasteiger partial charge in [-0.25, -0.2) is 0 Å². The third-order valence-electron chi connectivity index (χ3n) is 2.88. The Morgan fingerprint density at radius 1 is 1.30 bits per heavy atom. The zero-order valence-corrected chi connectivity index (χ0v) is 15.9. The molecule has 2 aromatic heterocycles. The summed E-state index contributed by atoms with van der Waals surface area (Å²) < 4.78 is 2.66. The fourth-order valence-corrected chi connectivity index (χ4v) is 3.62. The summed E-state index contributed by atoms with van der Waals surface area (Å²) in [5, 5.41) is 12.4. The van der Waals surface area contributed by atoms with Crippen molar-refractivity contribution in [2.24, 2.45) is 0 Å². The number of fused-ring (bicyclic) bond motifs is 1. The highest BCUT2D eigenvalue weighted by molar-refractivity contribution is 14.1. The molecule has 3 aromatic rings. The molecular weight excluding hydrogens is 470 g/mol. The van der Waals surface area contributed by atoms with Gasteiger partial charge in [0.1, 0.15) is 0 Å². The number of amides is 1. The highest BCUT2D eigenvalue weighted by Gasteiger charge is 2.13. The lowest BCUT2D eigenvalue weighted by atomic mass is 10.3. The fourth-order valence-electron chi connectivity index (χ4n) is 1.88. The third-order valence-corrected chi connectivity index (χ3v) is 5.24. The van der Waals surface area contributed by atoms with Gasteiger partial charge in [-0.05, 0) is 40.8 Å². The number of nitrogens with zero attached hydrogens (tertiary/aromatic N) is 3. The Bertz CT molecular complexity index is 886. The molecule has 0 aliphatic carbocycles. The number of thioether (sulfide) groups is 1. The number of para-hydroxylation sites is 1. The molecule has 0 bridgehead atoms. The van der Waals surface area contributed by atoms with Crippen LogP contribution < -0.4 is 5.32 Å². The van der Waals surface area contributed by atoms with Crippen LogP contribution in [0.4, 0.5) is 5.69 Å². The topological polar surface area (TPSA) is 59.3 Å². The minimum atomic E-state index is -0.121. The van der Waals surface area contributed by atoms with Crippen molar-refractivity contribution < 1.29 is 4.79 Å². The lowest BCUT2D eigenvalue weighted by Gasteiger charge is -2.06. The molecule has 0 aliphatic heterocycles. The molecule has 9 heteroatoms. The zero-order chi connectivity index (χ0) is 16.4. The molecule has 118 valence electrons. The van der Waals surface area contributed by atoms with Gasteiger partial charge in [0, 0.05) is 9.77 Å². The van der Waals surface area contributed by atoms with E-state index in [1.807, 2.05) is 24.3 Å². The molecule has 0 aliphatic rings. The van der Waals surface area contributed by atoms with Crippen molar-refractivity contribution in [3.63, 3.8) is 0 Å². The molecular formula is C14H9Cl2IN4OS. The fraction of sp³-hybridized carbons (Fsp3) is 0.0714. The van der Waals surface area contributed by atoms with E-state index in [0.29, 0.717) is 20.8 Å². The maximum absolute atomic E-state index is 12.1. The number of rotatable bonds is 4. The van der Waals surface area contributed by atoms with E-state index < -0.39 is 0 Å². The van der Waals surface area contributed by atoms with Gasteiger partial charge in [0.2, 0.25) is 5.91 Å². The van der Waals surface area contributed by atoms with Crippen LogP contribution in [-0.2, 0) is 4.79 Å². The van der Waals surface area contributed by atoms with Crippen molar-refractivity contribution in [3.8, 4) is 0 Å². The average Bonchev–Trinajstić information content (AvgIpc) is 2.91. The quantitative estimate of drug-likeness (QED) is 0.446. The van der Waals surface area contributed by atoms with Gasteiger partial charge in [0.15, 0.2) is 10.8 Å². The molecule has 0 saturated carbocycles. The second-order valence-electron chi connectivity index (χ2n) is 4.50. The number of anilines is 1. The number of aromatic nitrogens is 3. The Morgan fingerprint density at radius 2 is 2.09 bits per heavy atom. The number of carbonyl (C=O) groups excluding carboxylic acids is 1. The van der Waals surface area contributed by atoms with Gasteiger partial charge in [0.05, 0.1) is 21.5 Å². The molecule has 1 N–H and O–H groups in total. The van der Waals surface area contributed by atoms with Crippen molar-refractivity contribution in [1.82, 2.24) is 14.6 Å². The summed E-state index contributed by atoms with van der Waals surface area (Å²) in [6, 6.07) is 9.18. The van der Waals surface area contributed by atoms with E-state index in [1.54, 1.807) is 16.7 Å². The maximum Gasteiger partial charge on any atom is 0.234 e. The predicted octanol–water partition coefficient (Wildman–Crippen LogP) is 4.37. The molecule has 0 atom stereocenters. The lowest BCUT2D eigenvalue weighted by Crippen LogP contribution is -2.15. The van der Waals surface area contributed by atoms with Crippen LogP contribution in [0.3, 0.4) is 0 Å². The first kappa shape index (κ1) is 16.8. The van der Waals surface area contributed by atoms with Crippen molar-refractivity contribution in [3.05, 3.63) is 50.1 Å². The average molecular weight is 479 g/mol. The predicted molar refractivity (Wildman–Crippen MR) is 102 cm³/mol. The summed E-state index contributed by atoms with van der Waals surface area (Å²) in [7, 11) is 0. The number of pyridine rings is 1. The van der Waals surface area contributed by atoms with Gasteiger partial charge in [-0.2, -0.15) is 0 Å². The Morgan fingerprint density at radius 3 is 2.87 bits per heavy atom. The Kier molecular flexibility index (Phi) is 5.30. The molecule has 5 nitrogen and oxygen atoms in total. The maximum atomic E-state index is 12.1. The van der Waals surface area contributed by atoms with Crippen LogP contribution >= 0.6 is 57.6 Å². The van der Waals surface area contributed by atoms with E-state index >= 15 is 0 Å². The summed E-state index contributed by atoms with van der Waals surface area (Å²) in [6.07, 6.45) is 1.67. The van der Waals surface area contributed by atoms with E-state index in [-0.39, 0.29) is 11.7 Å². The van der Waals surface area contributed by atoms with E-state index in [1.165, 1.54) is 11.8 Å². The third kappa shape index (κ3) is 3.90. The number of benzene rings is 1. The molecule has 0 unspecified atom stereocenters. The number of halogens is 3.